The highest BCUT2D eigenvalue weighted by Gasteiger charge is 2.24. The summed E-state index contributed by atoms with van der Waals surface area (Å²) in [4.78, 5) is 32.2. The molecule has 26 heavy (non-hydrogen) atoms. The molecule has 0 aromatic carbocycles. The molecule has 142 valence electrons. The zero-order valence-electron chi connectivity index (χ0n) is 15.5. The fourth-order valence-electron chi connectivity index (χ4n) is 3.22. The van der Waals surface area contributed by atoms with Gasteiger partial charge >= 0.3 is 0 Å². The van der Waals surface area contributed by atoms with Crippen LogP contribution in [-0.4, -0.2) is 41.0 Å². The van der Waals surface area contributed by atoms with E-state index in [1.54, 1.807) is 23.0 Å². The lowest BCUT2D eigenvalue weighted by molar-refractivity contribution is -0.120. The van der Waals surface area contributed by atoms with Crippen molar-refractivity contribution < 1.29 is 9.53 Å². The molecule has 1 aliphatic rings. The van der Waals surface area contributed by atoms with Crippen molar-refractivity contribution in [1.82, 2.24) is 14.9 Å². The summed E-state index contributed by atoms with van der Waals surface area (Å²) >= 11 is 2.97. The van der Waals surface area contributed by atoms with Crippen LogP contribution in [0.25, 0.3) is 10.2 Å². The van der Waals surface area contributed by atoms with Crippen molar-refractivity contribution in [2.75, 3.05) is 20.3 Å². The van der Waals surface area contributed by atoms with E-state index >= 15 is 0 Å². The van der Waals surface area contributed by atoms with Crippen molar-refractivity contribution in [3.63, 3.8) is 0 Å². The number of aromatic nitrogens is 2. The lowest BCUT2D eigenvalue weighted by Gasteiger charge is -2.15. The van der Waals surface area contributed by atoms with Gasteiger partial charge in [0.15, 0.2) is 5.16 Å². The largest absolute Gasteiger partial charge is 0.383 e. The van der Waals surface area contributed by atoms with Gasteiger partial charge in [-0.25, -0.2) is 4.98 Å². The van der Waals surface area contributed by atoms with Crippen molar-refractivity contribution in [2.45, 2.75) is 56.5 Å². The van der Waals surface area contributed by atoms with Gasteiger partial charge in [0.05, 0.1) is 23.8 Å². The highest BCUT2D eigenvalue weighted by molar-refractivity contribution is 8.00. The molecule has 0 unspecified atom stereocenters. The number of carbonyl (C=O) groups is 1. The maximum Gasteiger partial charge on any atom is 0.263 e. The molecule has 1 N–H and O–H groups in total. The summed E-state index contributed by atoms with van der Waals surface area (Å²) in [7, 11) is 1.62. The molecule has 0 bridgehead atoms. The molecule has 2 heterocycles. The van der Waals surface area contributed by atoms with Gasteiger partial charge in [0.2, 0.25) is 5.91 Å². The third kappa shape index (κ3) is 3.82. The smallest absolute Gasteiger partial charge is 0.263 e. The molecule has 0 radical (unpaired) electrons. The minimum atomic E-state index is -0.317. The molecular formula is C18H25N3O3S2. The first-order valence-electron chi connectivity index (χ1n) is 9.05. The summed E-state index contributed by atoms with van der Waals surface area (Å²) in [6, 6.07) is 0. The normalized spacial score (nSPS) is 15.0. The van der Waals surface area contributed by atoms with Gasteiger partial charge in [0.25, 0.3) is 5.56 Å². The first kappa shape index (κ1) is 19.4. The van der Waals surface area contributed by atoms with Gasteiger partial charge < -0.3 is 10.1 Å². The molecule has 8 heteroatoms. The molecule has 1 aliphatic carbocycles. The van der Waals surface area contributed by atoms with Gasteiger partial charge in [-0.3, -0.25) is 14.2 Å². The average molecular weight is 396 g/mol. The Balaban J connectivity index is 2.05. The fraction of sp³-hybridized carbons (Fsp3) is 0.611. The van der Waals surface area contributed by atoms with E-state index in [0.29, 0.717) is 24.9 Å². The van der Waals surface area contributed by atoms with Crippen molar-refractivity contribution in [2.24, 2.45) is 0 Å². The molecule has 2 aromatic heterocycles. The topological polar surface area (TPSA) is 73.2 Å². The number of hydrogen-bond acceptors (Lipinski definition) is 6. The summed E-state index contributed by atoms with van der Waals surface area (Å²) in [5.74, 6) is -0.0457. The van der Waals surface area contributed by atoms with Gasteiger partial charge in [-0.15, -0.1) is 11.3 Å². The molecule has 6 nitrogen and oxygen atoms in total. The van der Waals surface area contributed by atoms with Crippen molar-refractivity contribution in [3.8, 4) is 0 Å². The van der Waals surface area contributed by atoms with E-state index in [0.717, 1.165) is 29.5 Å². The molecule has 1 amide bonds. The summed E-state index contributed by atoms with van der Waals surface area (Å²) in [5, 5.41) is 3.87. The van der Waals surface area contributed by atoms with Crippen LogP contribution in [0.4, 0.5) is 0 Å². The predicted molar refractivity (Wildman–Crippen MR) is 106 cm³/mol. The fourth-order valence-corrected chi connectivity index (χ4v) is 5.48. The van der Waals surface area contributed by atoms with Gasteiger partial charge in [0.1, 0.15) is 4.83 Å². The van der Waals surface area contributed by atoms with Crippen LogP contribution in [0.5, 0.6) is 0 Å². The number of ether oxygens (including phenoxy) is 1. The summed E-state index contributed by atoms with van der Waals surface area (Å²) in [5.41, 5.74) is 1.19. The number of nitrogens with one attached hydrogen (secondary N) is 1. The lowest BCUT2D eigenvalue weighted by atomic mass is 9.97. The zero-order valence-corrected chi connectivity index (χ0v) is 17.1. The third-order valence-corrected chi connectivity index (χ3v) is 6.84. The number of carbonyl (C=O) groups excluding carboxylic acids is 1. The zero-order chi connectivity index (χ0) is 18.7. The summed E-state index contributed by atoms with van der Waals surface area (Å²) in [6.45, 7) is 5.19. The maximum atomic E-state index is 13.2. The second-order valence-electron chi connectivity index (χ2n) is 6.39. The molecule has 0 saturated carbocycles. The standard InChI is InChI=1S/C18H25N3O3S2/c1-4-19-15(22)11(2)25-18-20-16-14(17(23)21(18)9-10-24-3)12-7-5-6-8-13(12)26-16/h11H,4-10H2,1-3H3,(H,19,22)/t11-/m0/s1. The van der Waals surface area contributed by atoms with Gasteiger partial charge in [0, 0.05) is 18.5 Å². The number of aryl methyl sites for hydroxylation is 2. The second kappa shape index (κ2) is 8.54. The number of thioether (sulfide) groups is 1. The van der Waals surface area contributed by atoms with Crippen LogP contribution in [-0.2, 0) is 28.9 Å². The minimum absolute atomic E-state index is 0.00273. The Morgan fingerprint density at radius 3 is 2.92 bits per heavy atom. The highest BCUT2D eigenvalue weighted by atomic mass is 32.2. The molecule has 0 aliphatic heterocycles. The van der Waals surface area contributed by atoms with E-state index in [1.165, 1.54) is 28.6 Å². The van der Waals surface area contributed by atoms with Gasteiger partial charge in [-0.2, -0.15) is 0 Å². The molecule has 0 spiro atoms. The number of thiophene rings is 1. The summed E-state index contributed by atoms with van der Waals surface area (Å²) in [6.07, 6.45) is 4.29. The van der Waals surface area contributed by atoms with E-state index in [2.05, 4.69) is 5.32 Å². The van der Waals surface area contributed by atoms with Crippen LogP contribution in [0.3, 0.4) is 0 Å². The van der Waals surface area contributed by atoms with Crippen molar-refractivity contribution >= 4 is 39.2 Å². The van der Waals surface area contributed by atoms with Gasteiger partial charge in [-0.05, 0) is 45.1 Å². The molecule has 2 aromatic rings. The SMILES string of the molecule is CCNC(=O)[C@H](C)Sc1nc2sc3c(c2c(=O)n1CCOC)CCCC3. The van der Waals surface area contributed by atoms with E-state index in [-0.39, 0.29) is 16.7 Å². The molecular weight excluding hydrogens is 370 g/mol. The summed E-state index contributed by atoms with van der Waals surface area (Å²) < 4.78 is 6.85. The number of amides is 1. The maximum absolute atomic E-state index is 13.2. The van der Waals surface area contributed by atoms with Gasteiger partial charge in [-0.1, -0.05) is 11.8 Å². The quantitative estimate of drug-likeness (QED) is 0.576. The monoisotopic (exact) mass is 395 g/mol. The van der Waals surface area contributed by atoms with Crippen LogP contribution in [0.15, 0.2) is 9.95 Å². The molecule has 0 fully saturated rings. The van der Waals surface area contributed by atoms with E-state index in [1.807, 2.05) is 13.8 Å². The predicted octanol–water partition coefficient (Wildman–Crippen LogP) is 2.60. The van der Waals surface area contributed by atoms with Crippen LogP contribution in [0, 0.1) is 0 Å². The number of hydrogen-bond donors (Lipinski definition) is 1. The Hall–Kier alpha value is -1.38. The molecule has 1 atom stereocenters. The Kier molecular flexibility index (Phi) is 6.37. The average Bonchev–Trinajstić information content (AvgIpc) is 3.00. The number of rotatable bonds is 7. The third-order valence-electron chi connectivity index (χ3n) is 4.56. The molecule has 3 rings (SSSR count). The number of methoxy groups -OCH3 is 1. The Morgan fingerprint density at radius 1 is 1.42 bits per heavy atom. The Morgan fingerprint density at radius 2 is 2.19 bits per heavy atom. The van der Waals surface area contributed by atoms with Crippen LogP contribution in [0.2, 0.25) is 0 Å². The van der Waals surface area contributed by atoms with E-state index in [4.69, 9.17) is 9.72 Å². The molecule has 0 saturated heterocycles. The minimum Gasteiger partial charge on any atom is -0.383 e. The van der Waals surface area contributed by atoms with E-state index < -0.39 is 0 Å². The van der Waals surface area contributed by atoms with Crippen molar-refractivity contribution in [1.29, 1.82) is 0 Å². The van der Waals surface area contributed by atoms with Crippen LogP contribution in [0.1, 0.15) is 37.1 Å². The first-order valence-corrected chi connectivity index (χ1v) is 10.7. The van der Waals surface area contributed by atoms with E-state index in [9.17, 15) is 9.59 Å². The Labute approximate surface area is 161 Å². The van der Waals surface area contributed by atoms with Crippen LogP contribution < -0.4 is 10.9 Å². The number of fused-ring (bicyclic) bond motifs is 3. The first-order chi connectivity index (χ1) is 12.6. The van der Waals surface area contributed by atoms with Crippen LogP contribution >= 0.6 is 23.1 Å². The lowest BCUT2D eigenvalue weighted by Crippen LogP contribution is -2.32. The number of nitrogens with zero attached hydrogens (tertiary/aromatic N) is 2. The van der Waals surface area contributed by atoms with Crippen molar-refractivity contribution in [3.05, 3.63) is 20.8 Å². The second-order valence-corrected chi connectivity index (χ2v) is 8.78. The highest BCUT2D eigenvalue weighted by Crippen LogP contribution is 2.35. The Bertz CT molecular complexity index is 859.